The molecule has 2 rings (SSSR count). The fourth-order valence-corrected chi connectivity index (χ4v) is 2.02. The topological polar surface area (TPSA) is 95.6 Å². The number of nitriles is 1. The number of nitrogens with one attached hydrogen (secondary N) is 2. The van der Waals surface area contributed by atoms with Crippen molar-refractivity contribution in [1.82, 2.24) is 20.3 Å². The van der Waals surface area contributed by atoms with Crippen molar-refractivity contribution in [2.45, 2.75) is 26.4 Å². The number of carbonyl (C=O) groups excluding carboxylic acids is 1. The van der Waals surface area contributed by atoms with Crippen LogP contribution in [0, 0.1) is 11.3 Å². The van der Waals surface area contributed by atoms with Gasteiger partial charge in [0.15, 0.2) is 0 Å². The number of urea groups is 1. The maximum absolute atomic E-state index is 11.8. The molecule has 1 aromatic heterocycles. The molecule has 0 radical (unpaired) electrons. The first-order valence-corrected chi connectivity index (χ1v) is 7.09. The van der Waals surface area contributed by atoms with Crippen LogP contribution >= 0.6 is 11.6 Å². The molecule has 22 heavy (non-hydrogen) atoms. The highest BCUT2D eigenvalue weighted by atomic mass is 35.5. The van der Waals surface area contributed by atoms with Gasteiger partial charge in [-0.3, -0.25) is 0 Å². The Hall–Kier alpha value is -2.59. The van der Waals surface area contributed by atoms with Crippen LogP contribution in [0.4, 0.5) is 10.5 Å². The highest BCUT2D eigenvalue weighted by molar-refractivity contribution is 6.33. The summed E-state index contributed by atoms with van der Waals surface area (Å²) in [5, 5.41) is 22.5. The number of nitrogens with zero attached hydrogens (tertiary/aromatic N) is 4. The summed E-state index contributed by atoms with van der Waals surface area (Å²) in [5.74, 6) is 0. The van der Waals surface area contributed by atoms with Crippen molar-refractivity contribution in [2.24, 2.45) is 0 Å². The quantitative estimate of drug-likeness (QED) is 0.884. The van der Waals surface area contributed by atoms with Crippen molar-refractivity contribution in [3.8, 4) is 6.07 Å². The van der Waals surface area contributed by atoms with E-state index in [9.17, 15) is 4.79 Å². The van der Waals surface area contributed by atoms with E-state index < -0.39 is 0 Å². The number of anilines is 1. The van der Waals surface area contributed by atoms with Crippen LogP contribution in [0.25, 0.3) is 0 Å². The molecule has 2 N–H and O–H groups in total. The van der Waals surface area contributed by atoms with Crippen LogP contribution in [0.5, 0.6) is 0 Å². The molecule has 2 aromatic rings. The van der Waals surface area contributed by atoms with E-state index in [0.29, 0.717) is 22.9 Å². The minimum atomic E-state index is -0.388. The van der Waals surface area contributed by atoms with Gasteiger partial charge in [-0.25, -0.2) is 4.79 Å². The highest BCUT2D eigenvalue weighted by Crippen LogP contribution is 2.23. The number of carbonyl (C=O) groups is 1. The standard InChI is InChI=1S/C14H15ClN6O/c1-2-21-18-9-11(20-21)8-17-14(22)19-13-4-3-10(5-6-16)7-12(13)15/h3-4,7,9H,2,5,8H2,1H3,(H2,17,19,22). The predicted molar refractivity (Wildman–Crippen MR) is 82.3 cm³/mol. The molecule has 0 fully saturated rings. The molecular formula is C14H15ClN6O. The van der Waals surface area contributed by atoms with Gasteiger partial charge in [0.05, 0.1) is 42.5 Å². The first-order chi connectivity index (χ1) is 10.6. The van der Waals surface area contributed by atoms with Crippen LogP contribution in [-0.2, 0) is 19.5 Å². The SMILES string of the molecule is CCn1ncc(CNC(=O)Nc2ccc(CC#N)cc2Cl)n1. The van der Waals surface area contributed by atoms with E-state index in [1.807, 2.05) is 13.0 Å². The Kier molecular flexibility index (Phi) is 5.33. The van der Waals surface area contributed by atoms with Gasteiger partial charge in [-0.1, -0.05) is 17.7 Å². The number of rotatable bonds is 5. The zero-order valence-corrected chi connectivity index (χ0v) is 12.8. The number of hydrogen-bond acceptors (Lipinski definition) is 4. The average molecular weight is 319 g/mol. The number of aryl methyl sites for hydroxylation is 1. The first-order valence-electron chi connectivity index (χ1n) is 6.71. The van der Waals surface area contributed by atoms with E-state index in [-0.39, 0.29) is 19.0 Å². The van der Waals surface area contributed by atoms with E-state index in [4.69, 9.17) is 16.9 Å². The average Bonchev–Trinajstić information content (AvgIpc) is 2.96. The third kappa shape index (κ3) is 4.20. The number of benzene rings is 1. The van der Waals surface area contributed by atoms with Crippen molar-refractivity contribution in [2.75, 3.05) is 5.32 Å². The zero-order valence-electron chi connectivity index (χ0n) is 12.0. The first kappa shape index (κ1) is 15.8. The normalized spacial score (nSPS) is 10.0. The summed E-state index contributed by atoms with van der Waals surface area (Å²) in [5.41, 5.74) is 1.96. The molecule has 8 heteroatoms. The third-order valence-electron chi connectivity index (χ3n) is 2.86. The fraction of sp³-hybridized carbons (Fsp3) is 0.286. The van der Waals surface area contributed by atoms with Gasteiger partial charge < -0.3 is 10.6 Å². The maximum Gasteiger partial charge on any atom is 0.319 e. The number of hydrogen-bond donors (Lipinski definition) is 2. The van der Waals surface area contributed by atoms with Crippen LogP contribution in [0.2, 0.25) is 5.02 Å². The van der Waals surface area contributed by atoms with E-state index in [2.05, 4.69) is 20.8 Å². The Morgan fingerprint density at radius 3 is 2.95 bits per heavy atom. The largest absolute Gasteiger partial charge is 0.332 e. The molecule has 7 nitrogen and oxygen atoms in total. The van der Waals surface area contributed by atoms with Crippen LogP contribution in [0.15, 0.2) is 24.4 Å². The van der Waals surface area contributed by atoms with Crippen molar-refractivity contribution in [3.05, 3.63) is 40.7 Å². The van der Waals surface area contributed by atoms with E-state index in [1.54, 1.807) is 29.2 Å². The van der Waals surface area contributed by atoms with Crippen molar-refractivity contribution in [3.63, 3.8) is 0 Å². The molecule has 0 aliphatic carbocycles. The minimum absolute atomic E-state index is 0.274. The second-order valence-electron chi connectivity index (χ2n) is 4.48. The molecule has 0 bridgehead atoms. The molecule has 0 aliphatic heterocycles. The second kappa shape index (κ2) is 7.43. The molecule has 1 heterocycles. The summed E-state index contributed by atoms with van der Waals surface area (Å²) in [6, 6.07) is 6.73. The summed E-state index contributed by atoms with van der Waals surface area (Å²) in [6.07, 6.45) is 1.88. The smallest absolute Gasteiger partial charge is 0.319 e. The lowest BCUT2D eigenvalue weighted by Gasteiger charge is -2.09. The zero-order chi connectivity index (χ0) is 15.9. The summed E-state index contributed by atoms with van der Waals surface area (Å²) in [6.45, 7) is 2.88. The van der Waals surface area contributed by atoms with E-state index in [0.717, 1.165) is 5.56 Å². The number of aromatic nitrogens is 3. The van der Waals surface area contributed by atoms with Crippen LogP contribution in [0.1, 0.15) is 18.2 Å². The van der Waals surface area contributed by atoms with Crippen molar-refractivity contribution in [1.29, 1.82) is 5.26 Å². The van der Waals surface area contributed by atoms with E-state index in [1.165, 1.54) is 0 Å². The van der Waals surface area contributed by atoms with Crippen molar-refractivity contribution < 1.29 is 4.79 Å². The summed E-state index contributed by atoms with van der Waals surface area (Å²) < 4.78 is 0. The second-order valence-corrected chi connectivity index (χ2v) is 4.89. The molecule has 0 aliphatic rings. The van der Waals surface area contributed by atoms with Gasteiger partial charge in [0.2, 0.25) is 0 Å². The van der Waals surface area contributed by atoms with Gasteiger partial charge in [-0.15, -0.1) is 0 Å². The summed E-state index contributed by atoms with van der Waals surface area (Å²) in [4.78, 5) is 13.4. The van der Waals surface area contributed by atoms with Gasteiger partial charge in [-0.05, 0) is 24.6 Å². The number of halogens is 1. The van der Waals surface area contributed by atoms with Crippen molar-refractivity contribution >= 4 is 23.3 Å². The molecule has 0 spiro atoms. The lowest BCUT2D eigenvalue weighted by atomic mass is 10.1. The predicted octanol–water partition coefficient (Wildman–Crippen LogP) is 2.34. The van der Waals surface area contributed by atoms with Gasteiger partial charge in [-0.2, -0.15) is 20.3 Å². The van der Waals surface area contributed by atoms with Crippen LogP contribution < -0.4 is 10.6 Å². The Bertz CT molecular complexity index is 706. The molecule has 0 saturated carbocycles. The van der Waals surface area contributed by atoms with E-state index >= 15 is 0 Å². The summed E-state index contributed by atoms with van der Waals surface area (Å²) in [7, 11) is 0. The van der Waals surface area contributed by atoms with Gasteiger partial charge in [0.25, 0.3) is 0 Å². The Labute approximate surface area is 132 Å². The molecule has 2 amide bonds. The lowest BCUT2D eigenvalue weighted by molar-refractivity contribution is 0.251. The van der Waals surface area contributed by atoms with Gasteiger partial charge in [0.1, 0.15) is 5.69 Å². The molecular weight excluding hydrogens is 304 g/mol. The molecule has 1 aromatic carbocycles. The molecule has 114 valence electrons. The van der Waals surface area contributed by atoms with Crippen LogP contribution in [0.3, 0.4) is 0 Å². The maximum atomic E-state index is 11.8. The summed E-state index contributed by atoms with van der Waals surface area (Å²) >= 11 is 6.07. The Morgan fingerprint density at radius 2 is 2.32 bits per heavy atom. The molecule has 0 saturated heterocycles. The van der Waals surface area contributed by atoms with Gasteiger partial charge in [0, 0.05) is 0 Å². The Morgan fingerprint density at radius 1 is 1.50 bits per heavy atom. The lowest BCUT2D eigenvalue weighted by Crippen LogP contribution is -2.28. The monoisotopic (exact) mass is 318 g/mol. The molecule has 0 atom stereocenters. The third-order valence-corrected chi connectivity index (χ3v) is 3.17. The van der Waals surface area contributed by atoms with Crippen LogP contribution in [-0.4, -0.2) is 21.0 Å². The molecule has 0 unspecified atom stereocenters. The van der Waals surface area contributed by atoms with Gasteiger partial charge >= 0.3 is 6.03 Å². The number of amides is 2. The Balaban J connectivity index is 1.90. The minimum Gasteiger partial charge on any atom is -0.332 e. The fourth-order valence-electron chi connectivity index (χ4n) is 1.77. The highest BCUT2D eigenvalue weighted by Gasteiger charge is 2.07.